The molecule has 1 aromatic rings. The van der Waals surface area contributed by atoms with E-state index in [1.165, 1.54) is 19.2 Å². The van der Waals surface area contributed by atoms with E-state index in [1.807, 2.05) is 0 Å². The number of methoxy groups -OCH3 is 1. The predicted octanol–water partition coefficient (Wildman–Crippen LogP) is 1.69. The molecule has 0 aliphatic heterocycles. The summed E-state index contributed by atoms with van der Waals surface area (Å²) in [6.45, 7) is 4.18. The lowest BCUT2D eigenvalue weighted by Gasteiger charge is -2.24. The summed E-state index contributed by atoms with van der Waals surface area (Å²) in [4.78, 5) is 10.5. The number of hydrogen-bond donors (Lipinski definition) is 1. The first kappa shape index (κ1) is 12.0. The summed E-state index contributed by atoms with van der Waals surface area (Å²) in [6, 6.07) is 0. The lowest BCUT2D eigenvalue weighted by atomic mass is 10.3. The van der Waals surface area contributed by atoms with Crippen molar-refractivity contribution >= 4 is 11.6 Å². The van der Waals surface area contributed by atoms with Crippen LogP contribution < -0.4 is 15.4 Å². The van der Waals surface area contributed by atoms with Crippen molar-refractivity contribution in [1.82, 2.24) is 9.97 Å². The van der Waals surface area contributed by atoms with Gasteiger partial charge in [0.2, 0.25) is 5.75 Å². The summed E-state index contributed by atoms with van der Waals surface area (Å²) < 4.78 is 5.31. The number of anilines is 2. The maximum absolute atomic E-state index is 5.81. The highest BCUT2D eigenvalue weighted by Gasteiger charge is 2.26. The summed E-state index contributed by atoms with van der Waals surface area (Å²) in [7, 11) is 1.61. The highest BCUT2D eigenvalue weighted by atomic mass is 16.5. The minimum Gasteiger partial charge on any atom is -0.490 e. The number of aromatic nitrogens is 2. The molecular formula is C12H20N4O. The van der Waals surface area contributed by atoms with Crippen molar-refractivity contribution in [2.24, 2.45) is 5.92 Å². The Morgan fingerprint density at radius 2 is 2.24 bits per heavy atom. The van der Waals surface area contributed by atoms with Crippen LogP contribution in [0.1, 0.15) is 26.2 Å². The van der Waals surface area contributed by atoms with E-state index in [-0.39, 0.29) is 0 Å². The highest BCUT2D eigenvalue weighted by Crippen LogP contribution is 2.35. The van der Waals surface area contributed by atoms with Gasteiger partial charge in [-0.25, -0.2) is 9.97 Å². The van der Waals surface area contributed by atoms with E-state index in [1.54, 1.807) is 7.11 Å². The second-order valence-electron chi connectivity index (χ2n) is 4.51. The van der Waals surface area contributed by atoms with Gasteiger partial charge >= 0.3 is 0 Å². The smallest absolute Gasteiger partial charge is 0.204 e. The van der Waals surface area contributed by atoms with Gasteiger partial charge < -0.3 is 15.4 Å². The number of ether oxygens (including phenoxy) is 1. The van der Waals surface area contributed by atoms with Crippen LogP contribution in [0.3, 0.4) is 0 Å². The molecule has 1 aliphatic carbocycles. The zero-order valence-electron chi connectivity index (χ0n) is 10.5. The van der Waals surface area contributed by atoms with Crippen LogP contribution in [0.4, 0.5) is 11.6 Å². The third kappa shape index (κ3) is 2.78. The molecule has 17 heavy (non-hydrogen) atoms. The summed E-state index contributed by atoms with van der Waals surface area (Å²) in [5.74, 6) is 2.65. The largest absolute Gasteiger partial charge is 0.490 e. The van der Waals surface area contributed by atoms with Crippen LogP contribution in [-0.4, -0.2) is 30.2 Å². The lowest BCUT2D eigenvalue weighted by molar-refractivity contribution is 0.412. The molecule has 0 unspecified atom stereocenters. The van der Waals surface area contributed by atoms with Gasteiger partial charge in [-0.3, -0.25) is 0 Å². The van der Waals surface area contributed by atoms with E-state index in [2.05, 4.69) is 21.8 Å². The van der Waals surface area contributed by atoms with Crippen LogP contribution >= 0.6 is 0 Å². The normalized spacial score (nSPS) is 14.7. The number of nitrogen functional groups attached to an aromatic ring is 1. The van der Waals surface area contributed by atoms with E-state index in [9.17, 15) is 0 Å². The van der Waals surface area contributed by atoms with Crippen LogP contribution in [0, 0.1) is 5.92 Å². The topological polar surface area (TPSA) is 64.3 Å². The maximum atomic E-state index is 5.81. The molecule has 0 bridgehead atoms. The fourth-order valence-electron chi connectivity index (χ4n) is 1.96. The highest BCUT2D eigenvalue weighted by molar-refractivity contribution is 5.62. The van der Waals surface area contributed by atoms with Crippen molar-refractivity contribution in [3.05, 3.63) is 6.33 Å². The van der Waals surface area contributed by atoms with Gasteiger partial charge in [-0.2, -0.15) is 0 Å². The molecule has 1 aromatic heterocycles. The molecule has 0 aromatic carbocycles. The quantitative estimate of drug-likeness (QED) is 0.814. The van der Waals surface area contributed by atoms with E-state index in [0.29, 0.717) is 11.6 Å². The van der Waals surface area contributed by atoms with Gasteiger partial charge in [0.25, 0.3) is 0 Å². The first-order valence-corrected chi connectivity index (χ1v) is 6.15. The minimum absolute atomic E-state index is 0.411. The van der Waals surface area contributed by atoms with Crippen molar-refractivity contribution in [1.29, 1.82) is 0 Å². The van der Waals surface area contributed by atoms with Crippen LogP contribution in [0.5, 0.6) is 5.75 Å². The number of nitrogens with zero attached hydrogens (tertiary/aromatic N) is 3. The summed E-state index contributed by atoms with van der Waals surface area (Å²) in [5.41, 5.74) is 5.81. The third-order valence-electron chi connectivity index (χ3n) is 2.99. The second kappa shape index (κ2) is 5.21. The maximum Gasteiger partial charge on any atom is 0.204 e. The molecule has 0 atom stereocenters. The predicted molar refractivity (Wildman–Crippen MR) is 68.2 cm³/mol. The third-order valence-corrected chi connectivity index (χ3v) is 2.99. The molecule has 0 amide bonds. The average Bonchev–Trinajstić information content (AvgIpc) is 3.12. The van der Waals surface area contributed by atoms with Crippen molar-refractivity contribution in [2.45, 2.75) is 26.2 Å². The molecule has 94 valence electrons. The molecule has 1 heterocycles. The van der Waals surface area contributed by atoms with Crippen molar-refractivity contribution in [3.8, 4) is 5.75 Å². The van der Waals surface area contributed by atoms with Gasteiger partial charge in [0.15, 0.2) is 11.6 Å². The molecule has 2 rings (SSSR count). The van der Waals surface area contributed by atoms with Crippen molar-refractivity contribution in [2.75, 3.05) is 30.8 Å². The summed E-state index contributed by atoms with van der Waals surface area (Å²) >= 11 is 0. The van der Waals surface area contributed by atoms with Crippen LogP contribution in [0.15, 0.2) is 6.33 Å². The van der Waals surface area contributed by atoms with Gasteiger partial charge in [-0.05, 0) is 25.2 Å². The first-order valence-electron chi connectivity index (χ1n) is 6.15. The Labute approximate surface area is 102 Å². The van der Waals surface area contributed by atoms with Gasteiger partial charge in [0.1, 0.15) is 6.33 Å². The van der Waals surface area contributed by atoms with E-state index in [0.717, 1.165) is 31.2 Å². The summed E-state index contributed by atoms with van der Waals surface area (Å²) in [6.07, 6.45) is 5.23. The van der Waals surface area contributed by atoms with E-state index in [4.69, 9.17) is 10.5 Å². The number of nitrogens with two attached hydrogens (primary N) is 1. The standard InChI is InChI=1S/C12H20N4O/c1-3-6-16(7-9-4-5-9)12-10(17-2)11(13)14-8-15-12/h8-9H,3-7H2,1-2H3,(H2,13,14,15). The second-order valence-corrected chi connectivity index (χ2v) is 4.51. The zero-order chi connectivity index (χ0) is 12.3. The average molecular weight is 236 g/mol. The summed E-state index contributed by atoms with van der Waals surface area (Å²) in [5, 5.41) is 0. The molecule has 1 aliphatic rings. The van der Waals surface area contributed by atoms with E-state index < -0.39 is 0 Å². The van der Waals surface area contributed by atoms with Crippen molar-refractivity contribution in [3.63, 3.8) is 0 Å². The minimum atomic E-state index is 0.411. The van der Waals surface area contributed by atoms with Crippen LogP contribution in [-0.2, 0) is 0 Å². The van der Waals surface area contributed by atoms with Crippen LogP contribution in [0.25, 0.3) is 0 Å². The van der Waals surface area contributed by atoms with Crippen LogP contribution in [0.2, 0.25) is 0 Å². The van der Waals surface area contributed by atoms with Gasteiger partial charge in [0.05, 0.1) is 7.11 Å². The Morgan fingerprint density at radius 3 is 2.82 bits per heavy atom. The fraction of sp³-hybridized carbons (Fsp3) is 0.667. The molecule has 1 fully saturated rings. The van der Waals surface area contributed by atoms with Gasteiger partial charge in [-0.1, -0.05) is 6.92 Å². The molecule has 2 N–H and O–H groups in total. The molecule has 0 saturated heterocycles. The SMILES string of the molecule is CCCN(CC1CC1)c1ncnc(N)c1OC. The number of rotatable bonds is 6. The zero-order valence-corrected chi connectivity index (χ0v) is 10.5. The Kier molecular flexibility index (Phi) is 3.66. The molecule has 1 saturated carbocycles. The first-order chi connectivity index (χ1) is 8.26. The Balaban J connectivity index is 2.23. The molecule has 5 nitrogen and oxygen atoms in total. The Hall–Kier alpha value is -1.52. The fourth-order valence-corrected chi connectivity index (χ4v) is 1.96. The molecular weight excluding hydrogens is 216 g/mol. The molecule has 0 spiro atoms. The number of hydrogen-bond acceptors (Lipinski definition) is 5. The Morgan fingerprint density at radius 1 is 1.47 bits per heavy atom. The van der Waals surface area contributed by atoms with Gasteiger partial charge in [-0.15, -0.1) is 0 Å². The van der Waals surface area contributed by atoms with Crippen molar-refractivity contribution < 1.29 is 4.74 Å². The van der Waals surface area contributed by atoms with E-state index >= 15 is 0 Å². The monoisotopic (exact) mass is 236 g/mol. The lowest BCUT2D eigenvalue weighted by Crippen LogP contribution is -2.28. The van der Waals surface area contributed by atoms with Gasteiger partial charge in [0, 0.05) is 13.1 Å². The molecule has 5 heteroatoms. The Bertz CT molecular complexity index is 379. The molecule has 0 radical (unpaired) electrons.